The van der Waals surface area contributed by atoms with Gasteiger partial charge in [0.1, 0.15) is 12.6 Å². The van der Waals surface area contributed by atoms with E-state index < -0.39 is 28.5 Å². The lowest BCUT2D eigenvalue weighted by Gasteiger charge is -2.32. The normalized spacial score (nSPS) is 12.2. The first kappa shape index (κ1) is 24.9. The quantitative estimate of drug-likeness (QED) is 0.562. The monoisotopic (exact) mass is 509 g/mol. The Morgan fingerprint density at radius 3 is 2.23 bits per heavy atom. The van der Waals surface area contributed by atoms with Crippen LogP contribution in [0.5, 0.6) is 0 Å². The summed E-state index contributed by atoms with van der Waals surface area (Å²) in [7, 11) is -2.23. The number of rotatable bonds is 9. The molecule has 0 aliphatic heterocycles. The summed E-state index contributed by atoms with van der Waals surface area (Å²) in [4.78, 5) is 27.3. The van der Waals surface area contributed by atoms with Gasteiger partial charge in [0.05, 0.1) is 11.9 Å². The fraction of sp³-hybridized carbons (Fsp3) is 0.364. The van der Waals surface area contributed by atoms with E-state index in [1.165, 1.54) is 11.9 Å². The topological polar surface area (TPSA) is 86.8 Å². The van der Waals surface area contributed by atoms with Crippen LogP contribution in [0.25, 0.3) is 0 Å². The van der Waals surface area contributed by atoms with Crippen LogP contribution in [-0.4, -0.2) is 51.0 Å². The van der Waals surface area contributed by atoms with Gasteiger partial charge in [0.25, 0.3) is 0 Å². The maximum Gasteiger partial charge on any atom is 0.244 e. The summed E-state index contributed by atoms with van der Waals surface area (Å²) in [6.07, 6.45) is 1.45. The molecule has 0 bridgehead atoms. The van der Waals surface area contributed by atoms with Gasteiger partial charge in [-0.25, -0.2) is 8.42 Å². The molecule has 0 aliphatic rings. The summed E-state index contributed by atoms with van der Waals surface area (Å²) in [5.74, 6) is -0.757. The number of nitrogens with zero attached hydrogens (tertiary/aromatic N) is 2. The van der Waals surface area contributed by atoms with Gasteiger partial charge in [-0.15, -0.1) is 0 Å². The van der Waals surface area contributed by atoms with Crippen LogP contribution in [0, 0.1) is 6.92 Å². The number of hydrogen-bond donors (Lipinski definition) is 1. The van der Waals surface area contributed by atoms with E-state index in [-0.39, 0.29) is 12.5 Å². The molecule has 2 rings (SSSR count). The van der Waals surface area contributed by atoms with Crippen LogP contribution >= 0.6 is 15.9 Å². The average Bonchev–Trinajstić information content (AvgIpc) is 2.72. The van der Waals surface area contributed by atoms with E-state index in [9.17, 15) is 18.0 Å². The minimum Gasteiger partial charge on any atom is -0.357 e. The van der Waals surface area contributed by atoms with Gasteiger partial charge in [-0.1, -0.05) is 48.9 Å². The van der Waals surface area contributed by atoms with E-state index in [1.807, 2.05) is 38.1 Å². The van der Waals surface area contributed by atoms with Crippen LogP contribution in [0.15, 0.2) is 53.0 Å². The molecule has 0 aliphatic carbocycles. The number of amides is 2. The molecule has 1 N–H and O–H groups in total. The second-order valence-electron chi connectivity index (χ2n) is 7.27. The van der Waals surface area contributed by atoms with Crippen molar-refractivity contribution < 1.29 is 18.0 Å². The number of sulfonamides is 1. The lowest BCUT2D eigenvalue weighted by atomic mass is 10.1. The van der Waals surface area contributed by atoms with E-state index in [0.717, 1.165) is 21.7 Å². The molecule has 0 unspecified atom stereocenters. The lowest BCUT2D eigenvalue weighted by molar-refractivity contribution is -0.140. The fourth-order valence-electron chi connectivity index (χ4n) is 3.23. The molecule has 1 atom stereocenters. The van der Waals surface area contributed by atoms with Gasteiger partial charge in [0.15, 0.2) is 0 Å². The first-order valence-corrected chi connectivity index (χ1v) is 12.5. The molecule has 9 heteroatoms. The van der Waals surface area contributed by atoms with Gasteiger partial charge in [-0.05, 0) is 47.0 Å². The van der Waals surface area contributed by atoms with Crippen molar-refractivity contribution in [1.82, 2.24) is 10.2 Å². The van der Waals surface area contributed by atoms with Crippen LogP contribution < -0.4 is 9.62 Å². The van der Waals surface area contributed by atoms with Crippen LogP contribution in [0.1, 0.15) is 24.5 Å². The number of hydrogen-bond acceptors (Lipinski definition) is 4. The third kappa shape index (κ3) is 6.54. The van der Waals surface area contributed by atoms with Gasteiger partial charge in [0.2, 0.25) is 21.8 Å². The number of carbonyl (C=O) groups excluding carboxylic acids is 2. The maximum atomic E-state index is 13.4. The standard InChI is InChI=1S/C22H28BrN3O4S/c1-5-19(22(28)24-3)25(14-17-12-10-16(2)11-13-17)21(27)15-26(31(4,29)30)20-9-7-6-8-18(20)23/h6-13,19H,5,14-15H2,1-4H3,(H,24,28)/t19-/m1/s1. The molecule has 2 aromatic rings. The van der Waals surface area contributed by atoms with E-state index in [2.05, 4.69) is 21.2 Å². The molecule has 168 valence electrons. The van der Waals surface area contributed by atoms with Gasteiger partial charge < -0.3 is 10.2 Å². The van der Waals surface area contributed by atoms with Crippen molar-refractivity contribution in [2.75, 3.05) is 24.2 Å². The zero-order chi connectivity index (χ0) is 23.2. The SMILES string of the molecule is CC[C@H](C(=O)NC)N(Cc1ccc(C)cc1)C(=O)CN(c1ccccc1Br)S(C)(=O)=O. The Morgan fingerprint density at radius 1 is 1.10 bits per heavy atom. The smallest absolute Gasteiger partial charge is 0.244 e. The molecule has 2 aromatic carbocycles. The number of halogens is 1. The number of nitrogens with one attached hydrogen (secondary N) is 1. The Bertz CT molecular complexity index is 1030. The van der Waals surface area contributed by atoms with Crippen LogP contribution in [0.4, 0.5) is 5.69 Å². The van der Waals surface area contributed by atoms with Crippen LogP contribution in [0.3, 0.4) is 0 Å². The number of likely N-dealkylation sites (N-methyl/N-ethyl adjacent to an activating group) is 1. The Hall–Kier alpha value is -2.39. The van der Waals surface area contributed by atoms with E-state index >= 15 is 0 Å². The molecule has 0 spiro atoms. The van der Waals surface area contributed by atoms with E-state index in [1.54, 1.807) is 24.3 Å². The number of anilines is 1. The van der Waals surface area contributed by atoms with Crippen LogP contribution in [0.2, 0.25) is 0 Å². The Kier molecular flexibility index (Phi) is 8.64. The minimum atomic E-state index is -3.75. The lowest BCUT2D eigenvalue weighted by Crippen LogP contribution is -2.51. The van der Waals surface area contributed by atoms with Gasteiger partial charge in [-0.2, -0.15) is 0 Å². The van der Waals surface area contributed by atoms with E-state index in [0.29, 0.717) is 16.6 Å². The number of aryl methyl sites for hydroxylation is 1. The van der Waals surface area contributed by atoms with Crippen molar-refractivity contribution in [2.45, 2.75) is 32.9 Å². The summed E-state index contributed by atoms with van der Waals surface area (Å²) in [5.41, 5.74) is 2.30. The van der Waals surface area contributed by atoms with Crippen molar-refractivity contribution in [3.63, 3.8) is 0 Å². The summed E-state index contributed by atoms with van der Waals surface area (Å²) in [5, 5.41) is 2.60. The molecular weight excluding hydrogens is 482 g/mol. The van der Waals surface area contributed by atoms with Crippen molar-refractivity contribution >= 4 is 43.5 Å². The molecule has 0 fully saturated rings. The second-order valence-corrected chi connectivity index (χ2v) is 10.0. The predicted molar refractivity (Wildman–Crippen MR) is 126 cm³/mol. The summed E-state index contributed by atoms with van der Waals surface area (Å²) < 4.78 is 26.7. The average molecular weight is 510 g/mol. The summed E-state index contributed by atoms with van der Waals surface area (Å²) in [6, 6.07) is 13.7. The fourth-order valence-corrected chi connectivity index (χ4v) is 4.70. The highest BCUT2D eigenvalue weighted by Gasteiger charge is 2.31. The molecule has 0 saturated heterocycles. The zero-order valence-electron chi connectivity index (χ0n) is 18.1. The third-order valence-corrected chi connectivity index (χ3v) is 6.70. The van der Waals surface area contributed by atoms with Crippen molar-refractivity contribution in [3.8, 4) is 0 Å². The largest absolute Gasteiger partial charge is 0.357 e. The molecule has 0 saturated carbocycles. The molecule has 0 aromatic heterocycles. The Balaban J connectivity index is 2.43. The molecular formula is C22H28BrN3O4S. The maximum absolute atomic E-state index is 13.4. The van der Waals surface area contributed by atoms with Crippen molar-refractivity contribution in [1.29, 1.82) is 0 Å². The number of carbonyl (C=O) groups is 2. The molecule has 31 heavy (non-hydrogen) atoms. The summed E-state index contributed by atoms with van der Waals surface area (Å²) in [6.45, 7) is 3.56. The first-order chi connectivity index (χ1) is 14.6. The highest BCUT2D eigenvalue weighted by atomic mass is 79.9. The van der Waals surface area contributed by atoms with Gasteiger partial charge in [0, 0.05) is 18.1 Å². The highest BCUT2D eigenvalue weighted by molar-refractivity contribution is 9.10. The highest BCUT2D eigenvalue weighted by Crippen LogP contribution is 2.28. The Morgan fingerprint density at radius 2 is 1.71 bits per heavy atom. The predicted octanol–water partition coefficient (Wildman–Crippen LogP) is 3.08. The zero-order valence-corrected chi connectivity index (χ0v) is 20.5. The first-order valence-electron chi connectivity index (χ1n) is 9.87. The van der Waals surface area contributed by atoms with Crippen LogP contribution in [-0.2, 0) is 26.2 Å². The van der Waals surface area contributed by atoms with Crippen molar-refractivity contribution in [2.24, 2.45) is 0 Å². The van der Waals surface area contributed by atoms with Crippen molar-refractivity contribution in [3.05, 3.63) is 64.1 Å². The second kappa shape index (κ2) is 10.8. The Labute approximate surface area is 192 Å². The molecule has 0 radical (unpaired) electrons. The van der Waals surface area contributed by atoms with Gasteiger partial charge in [-0.3, -0.25) is 13.9 Å². The minimum absolute atomic E-state index is 0.193. The molecule has 7 nitrogen and oxygen atoms in total. The number of benzene rings is 2. The molecule has 2 amide bonds. The van der Waals surface area contributed by atoms with E-state index in [4.69, 9.17) is 0 Å². The summed E-state index contributed by atoms with van der Waals surface area (Å²) >= 11 is 3.36. The number of para-hydroxylation sites is 1. The molecule has 0 heterocycles. The van der Waals surface area contributed by atoms with Gasteiger partial charge >= 0.3 is 0 Å². The third-order valence-electron chi connectivity index (χ3n) is 4.91.